The molecule has 1 N–H and O–H groups in total. The largest absolute Gasteiger partial charge is 0.383 e. The Bertz CT molecular complexity index is 780. The SMILES string of the molecule is CS(=O)(=O)c1ccc(C(O)c2cnoc2C2CC2)c(Br)c1. The minimum atomic E-state index is -3.28. The molecule has 0 spiro atoms. The molecule has 0 aliphatic heterocycles. The summed E-state index contributed by atoms with van der Waals surface area (Å²) in [4.78, 5) is 0.207. The number of aliphatic hydroxyl groups excluding tert-OH is 1. The van der Waals surface area contributed by atoms with E-state index in [9.17, 15) is 13.5 Å². The van der Waals surface area contributed by atoms with Gasteiger partial charge in [-0.1, -0.05) is 27.2 Å². The van der Waals surface area contributed by atoms with Crippen LogP contribution < -0.4 is 0 Å². The molecule has 1 heterocycles. The van der Waals surface area contributed by atoms with Crippen molar-refractivity contribution >= 4 is 25.8 Å². The first kappa shape index (κ1) is 14.7. The molecule has 112 valence electrons. The quantitative estimate of drug-likeness (QED) is 0.893. The van der Waals surface area contributed by atoms with Crippen LogP contribution in [-0.4, -0.2) is 24.9 Å². The molecule has 1 fully saturated rings. The molecule has 0 amide bonds. The van der Waals surface area contributed by atoms with E-state index in [1.54, 1.807) is 6.07 Å². The van der Waals surface area contributed by atoms with Gasteiger partial charge in [0.2, 0.25) is 0 Å². The maximum absolute atomic E-state index is 11.5. The molecule has 2 aromatic rings. The standard InChI is InChI=1S/C14H14BrNO4S/c1-21(18,19)9-4-5-10(12(15)6-9)13(17)11-7-16-20-14(11)8-2-3-8/h4-8,13,17H,2-3H2,1H3. The lowest BCUT2D eigenvalue weighted by Crippen LogP contribution is -2.04. The van der Waals surface area contributed by atoms with Gasteiger partial charge < -0.3 is 9.63 Å². The van der Waals surface area contributed by atoms with E-state index in [4.69, 9.17) is 4.52 Å². The fraction of sp³-hybridized carbons (Fsp3) is 0.357. The van der Waals surface area contributed by atoms with Crippen LogP contribution in [0.5, 0.6) is 0 Å². The number of hydrogen-bond acceptors (Lipinski definition) is 5. The highest BCUT2D eigenvalue weighted by atomic mass is 79.9. The third kappa shape index (κ3) is 2.90. The van der Waals surface area contributed by atoms with E-state index < -0.39 is 15.9 Å². The van der Waals surface area contributed by atoms with Crippen molar-refractivity contribution in [3.8, 4) is 0 Å². The Kier molecular flexibility index (Phi) is 3.67. The molecular formula is C14H14BrNO4S. The zero-order valence-corrected chi connectivity index (χ0v) is 13.7. The van der Waals surface area contributed by atoms with Gasteiger partial charge in [0.05, 0.1) is 11.1 Å². The Balaban J connectivity index is 1.98. The third-order valence-electron chi connectivity index (χ3n) is 3.56. The van der Waals surface area contributed by atoms with Crippen molar-refractivity contribution in [2.45, 2.75) is 29.8 Å². The van der Waals surface area contributed by atoms with Gasteiger partial charge in [0.1, 0.15) is 11.9 Å². The molecule has 0 bridgehead atoms. The maximum atomic E-state index is 11.5. The van der Waals surface area contributed by atoms with E-state index >= 15 is 0 Å². The third-order valence-corrected chi connectivity index (χ3v) is 5.36. The van der Waals surface area contributed by atoms with Gasteiger partial charge in [0, 0.05) is 22.2 Å². The summed E-state index contributed by atoms with van der Waals surface area (Å²) in [6.07, 6.45) is 3.87. The van der Waals surface area contributed by atoms with Gasteiger partial charge in [0.15, 0.2) is 9.84 Å². The summed E-state index contributed by atoms with van der Waals surface area (Å²) in [6.45, 7) is 0. The minimum Gasteiger partial charge on any atom is -0.383 e. The van der Waals surface area contributed by atoms with Crippen molar-refractivity contribution in [3.63, 3.8) is 0 Å². The molecule has 1 unspecified atom stereocenters. The van der Waals surface area contributed by atoms with Gasteiger partial charge in [-0.2, -0.15) is 0 Å². The summed E-state index contributed by atoms with van der Waals surface area (Å²) >= 11 is 3.33. The fourth-order valence-electron chi connectivity index (χ4n) is 2.25. The van der Waals surface area contributed by atoms with E-state index in [2.05, 4.69) is 21.1 Å². The molecule has 1 aliphatic rings. The number of hydrogen-bond donors (Lipinski definition) is 1. The zero-order chi connectivity index (χ0) is 15.2. The van der Waals surface area contributed by atoms with Crippen LogP contribution in [-0.2, 0) is 9.84 Å². The second-order valence-corrected chi connectivity index (χ2v) is 8.15. The molecule has 7 heteroatoms. The van der Waals surface area contributed by atoms with Crippen LogP contribution >= 0.6 is 15.9 Å². The van der Waals surface area contributed by atoms with E-state index in [0.717, 1.165) is 24.9 Å². The van der Waals surface area contributed by atoms with Crippen LogP contribution in [0, 0.1) is 0 Å². The summed E-state index contributed by atoms with van der Waals surface area (Å²) in [7, 11) is -3.28. The van der Waals surface area contributed by atoms with Crippen LogP contribution in [0.25, 0.3) is 0 Å². The molecule has 0 saturated heterocycles. The van der Waals surface area contributed by atoms with Gasteiger partial charge in [-0.05, 0) is 30.5 Å². The number of aliphatic hydroxyl groups is 1. The van der Waals surface area contributed by atoms with Crippen LogP contribution in [0.4, 0.5) is 0 Å². The number of nitrogens with zero attached hydrogens (tertiary/aromatic N) is 1. The molecule has 1 aromatic heterocycles. The highest BCUT2D eigenvalue weighted by Crippen LogP contribution is 2.44. The smallest absolute Gasteiger partial charge is 0.175 e. The van der Waals surface area contributed by atoms with E-state index in [1.165, 1.54) is 18.3 Å². The molecule has 1 atom stereocenters. The number of rotatable bonds is 4. The maximum Gasteiger partial charge on any atom is 0.175 e. The second-order valence-electron chi connectivity index (χ2n) is 5.28. The Labute approximate surface area is 131 Å². The molecule has 1 aliphatic carbocycles. The van der Waals surface area contributed by atoms with Crippen molar-refractivity contribution in [3.05, 3.63) is 45.8 Å². The Morgan fingerprint density at radius 1 is 1.38 bits per heavy atom. The average molecular weight is 372 g/mol. The monoisotopic (exact) mass is 371 g/mol. The topological polar surface area (TPSA) is 80.4 Å². The number of halogens is 1. The van der Waals surface area contributed by atoms with Crippen molar-refractivity contribution in [1.82, 2.24) is 5.16 Å². The van der Waals surface area contributed by atoms with E-state index in [1.807, 2.05) is 0 Å². The molecule has 21 heavy (non-hydrogen) atoms. The van der Waals surface area contributed by atoms with E-state index in [0.29, 0.717) is 21.5 Å². The lowest BCUT2D eigenvalue weighted by molar-refractivity contribution is 0.216. The van der Waals surface area contributed by atoms with Crippen molar-refractivity contribution < 1.29 is 18.0 Å². The van der Waals surface area contributed by atoms with E-state index in [-0.39, 0.29) is 4.90 Å². The van der Waals surface area contributed by atoms with Crippen LogP contribution in [0.2, 0.25) is 0 Å². The van der Waals surface area contributed by atoms with Gasteiger partial charge in [-0.15, -0.1) is 0 Å². The lowest BCUT2D eigenvalue weighted by atomic mass is 10.0. The number of benzene rings is 1. The molecule has 1 aromatic carbocycles. The summed E-state index contributed by atoms with van der Waals surface area (Å²) in [5.74, 6) is 1.06. The van der Waals surface area contributed by atoms with Crippen LogP contribution in [0.15, 0.2) is 38.3 Å². The van der Waals surface area contributed by atoms with Crippen molar-refractivity contribution in [2.75, 3.05) is 6.26 Å². The van der Waals surface area contributed by atoms with Crippen molar-refractivity contribution in [2.24, 2.45) is 0 Å². The predicted octanol–water partition coefficient (Wildman–Crippen LogP) is 2.80. The Hall–Kier alpha value is -1.18. The summed E-state index contributed by atoms with van der Waals surface area (Å²) in [6, 6.07) is 4.59. The first-order valence-corrected chi connectivity index (χ1v) is 9.18. The molecule has 5 nitrogen and oxygen atoms in total. The molecule has 3 rings (SSSR count). The predicted molar refractivity (Wildman–Crippen MR) is 79.8 cm³/mol. The summed E-state index contributed by atoms with van der Waals surface area (Å²) in [5, 5.41) is 14.3. The first-order chi connectivity index (χ1) is 9.88. The average Bonchev–Trinajstić information content (AvgIpc) is 3.14. The number of aromatic nitrogens is 1. The molecular weight excluding hydrogens is 358 g/mol. The highest BCUT2D eigenvalue weighted by molar-refractivity contribution is 9.10. The highest BCUT2D eigenvalue weighted by Gasteiger charge is 2.33. The molecule has 1 saturated carbocycles. The second kappa shape index (κ2) is 5.23. The normalized spacial score (nSPS) is 16.9. The Morgan fingerprint density at radius 3 is 2.67 bits per heavy atom. The number of sulfone groups is 1. The lowest BCUT2D eigenvalue weighted by Gasteiger charge is -2.13. The fourth-order valence-corrected chi connectivity index (χ4v) is 3.64. The summed E-state index contributed by atoms with van der Waals surface area (Å²) in [5.41, 5.74) is 1.23. The minimum absolute atomic E-state index is 0.207. The van der Waals surface area contributed by atoms with Gasteiger partial charge in [-0.25, -0.2) is 8.42 Å². The van der Waals surface area contributed by atoms with Gasteiger partial charge in [0.25, 0.3) is 0 Å². The zero-order valence-electron chi connectivity index (χ0n) is 11.3. The first-order valence-electron chi connectivity index (χ1n) is 6.50. The Morgan fingerprint density at radius 2 is 2.10 bits per heavy atom. The van der Waals surface area contributed by atoms with Gasteiger partial charge in [-0.3, -0.25) is 0 Å². The summed E-state index contributed by atoms with van der Waals surface area (Å²) < 4.78 is 28.8. The molecule has 0 radical (unpaired) electrons. The van der Waals surface area contributed by atoms with Crippen LogP contribution in [0.3, 0.4) is 0 Å². The van der Waals surface area contributed by atoms with Crippen molar-refractivity contribution in [1.29, 1.82) is 0 Å². The van der Waals surface area contributed by atoms with Gasteiger partial charge >= 0.3 is 0 Å². The van der Waals surface area contributed by atoms with Crippen LogP contribution in [0.1, 0.15) is 41.8 Å².